The van der Waals surface area contributed by atoms with Crippen molar-refractivity contribution in [2.45, 2.75) is 32.2 Å². The van der Waals surface area contributed by atoms with Gasteiger partial charge in [-0.25, -0.2) is 4.98 Å². The summed E-state index contributed by atoms with van der Waals surface area (Å²) in [6.45, 7) is 3.68. The number of aromatic nitrogens is 1. The van der Waals surface area contributed by atoms with E-state index in [0.717, 1.165) is 17.8 Å². The molecule has 0 amide bonds. The van der Waals surface area contributed by atoms with Crippen LogP contribution in [0.15, 0.2) is 11.6 Å². The summed E-state index contributed by atoms with van der Waals surface area (Å²) in [7, 11) is -3.44. The molecule has 0 aliphatic carbocycles. The third-order valence-electron chi connectivity index (χ3n) is 3.70. The van der Waals surface area contributed by atoms with E-state index in [0.29, 0.717) is 32.0 Å². The number of rotatable bonds is 6. The van der Waals surface area contributed by atoms with Gasteiger partial charge in [-0.3, -0.25) is 0 Å². The zero-order chi connectivity index (χ0) is 14.6. The van der Waals surface area contributed by atoms with Gasteiger partial charge in [0, 0.05) is 24.7 Å². The van der Waals surface area contributed by atoms with E-state index in [1.165, 1.54) is 15.6 Å². The van der Waals surface area contributed by atoms with Crippen molar-refractivity contribution in [1.82, 2.24) is 14.0 Å². The van der Waals surface area contributed by atoms with Gasteiger partial charge in [-0.2, -0.15) is 17.4 Å². The van der Waals surface area contributed by atoms with Gasteiger partial charge in [-0.15, -0.1) is 11.3 Å². The molecule has 1 aromatic rings. The summed E-state index contributed by atoms with van der Waals surface area (Å²) in [5.74, 6) is 0.447. The molecule has 0 radical (unpaired) electrons. The Morgan fingerprint density at radius 3 is 2.75 bits per heavy atom. The highest BCUT2D eigenvalue weighted by molar-refractivity contribution is 7.87. The number of nitrogens with two attached hydrogens (primary N) is 1. The number of piperidine rings is 1. The molecule has 0 bridgehead atoms. The SMILES string of the molecule is CCC(NS(=O)(=O)N1CCC(CN)CC1)c1nccs1. The average Bonchev–Trinajstić information content (AvgIpc) is 2.99. The summed E-state index contributed by atoms with van der Waals surface area (Å²) in [5.41, 5.74) is 5.63. The van der Waals surface area contributed by atoms with Gasteiger partial charge in [0.15, 0.2) is 0 Å². The molecule has 0 spiro atoms. The van der Waals surface area contributed by atoms with E-state index < -0.39 is 10.2 Å². The number of nitrogens with zero attached hydrogens (tertiary/aromatic N) is 2. The number of thiazole rings is 1. The molecule has 114 valence electrons. The molecule has 2 rings (SSSR count). The standard InChI is InChI=1S/C12H22N4O2S2/c1-2-11(12-14-5-8-19-12)15-20(17,18)16-6-3-10(9-13)4-7-16/h5,8,10-11,15H,2-4,6-7,9,13H2,1H3. The number of nitrogens with one attached hydrogen (secondary N) is 1. The van der Waals surface area contributed by atoms with Crippen LogP contribution in [0.2, 0.25) is 0 Å². The fourth-order valence-electron chi connectivity index (χ4n) is 2.35. The van der Waals surface area contributed by atoms with Gasteiger partial charge in [0.25, 0.3) is 10.2 Å². The molecule has 20 heavy (non-hydrogen) atoms. The molecule has 1 unspecified atom stereocenters. The second kappa shape index (κ2) is 6.95. The molecular formula is C12H22N4O2S2. The minimum atomic E-state index is -3.44. The predicted octanol–water partition coefficient (Wildman–Crippen LogP) is 1.10. The number of hydrogen-bond acceptors (Lipinski definition) is 5. The summed E-state index contributed by atoms with van der Waals surface area (Å²) in [6.07, 6.45) is 4.06. The minimum absolute atomic E-state index is 0.243. The van der Waals surface area contributed by atoms with Gasteiger partial charge in [-0.1, -0.05) is 6.92 Å². The van der Waals surface area contributed by atoms with Crippen LogP contribution in [0.25, 0.3) is 0 Å². The van der Waals surface area contributed by atoms with E-state index in [9.17, 15) is 8.42 Å². The molecular weight excluding hydrogens is 296 g/mol. The van der Waals surface area contributed by atoms with Gasteiger partial charge in [0.05, 0.1) is 6.04 Å². The maximum atomic E-state index is 12.4. The van der Waals surface area contributed by atoms with Gasteiger partial charge >= 0.3 is 0 Å². The van der Waals surface area contributed by atoms with Crippen LogP contribution in [-0.2, 0) is 10.2 Å². The molecule has 1 atom stereocenters. The lowest BCUT2D eigenvalue weighted by molar-refractivity contribution is 0.274. The van der Waals surface area contributed by atoms with Gasteiger partial charge in [-0.05, 0) is 31.7 Å². The molecule has 8 heteroatoms. The lowest BCUT2D eigenvalue weighted by Gasteiger charge is -2.31. The van der Waals surface area contributed by atoms with E-state index in [1.807, 2.05) is 12.3 Å². The van der Waals surface area contributed by atoms with Crippen LogP contribution in [-0.4, -0.2) is 37.3 Å². The minimum Gasteiger partial charge on any atom is -0.330 e. The normalized spacial score (nSPS) is 20.1. The Kier molecular flexibility index (Phi) is 5.50. The fourth-order valence-corrected chi connectivity index (χ4v) is 4.68. The van der Waals surface area contributed by atoms with Crippen LogP contribution in [0.5, 0.6) is 0 Å². The highest BCUT2D eigenvalue weighted by Crippen LogP contribution is 2.23. The Morgan fingerprint density at radius 1 is 1.55 bits per heavy atom. The lowest BCUT2D eigenvalue weighted by Crippen LogP contribution is -2.46. The van der Waals surface area contributed by atoms with Crippen molar-refractivity contribution in [1.29, 1.82) is 0 Å². The van der Waals surface area contributed by atoms with Crippen molar-refractivity contribution >= 4 is 21.5 Å². The molecule has 3 N–H and O–H groups in total. The van der Waals surface area contributed by atoms with Crippen LogP contribution < -0.4 is 10.5 Å². The number of hydrogen-bond donors (Lipinski definition) is 2. The summed E-state index contributed by atoms with van der Waals surface area (Å²) in [5, 5.41) is 2.67. The van der Waals surface area contributed by atoms with Crippen LogP contribution in [0, 0.1) is 5.92 Å². The first-order valence-corrected chi connectivity index (χ1v) is 9.25. The van der Waals surface area contributed by atoms with Crippen molar-refractivity contribution in [3.05, 3.63) is 16.6 Å². The van der Waals surface area contributed by atoms with E-state index in [2.05, 4.69) is 9.71 Å². The Morgan fingerprint density at radius 2 is 2.25 bits per heavy atom. The van der Waals surface area contributed by atoms with E-state index in [-0.39, 0.29) is 6.04 Å². The van der Waals surface area contributed by atoms with Crippen LogP contribution >= 0.6 is 11.3 Å². The molecule has 1 aromatic heterocycles. The van der Waals surface area contributed by atoms with Gasteiger partial charge < -0.3 is 5.73 Å². The third-order valence-corrected chi connectivity index (χ3v) is 6.21. The molecule has 0 saturated carbocycles. The molecule has 2 heterocycles. The highest BCUT2D eigenvalue weighted by atomic mass is 32.2. The van der Waals surface area contributed by atoms with E-state index in [1.54, 1.807) is 6.20 Å². The van der Waals surface area contributed by atoms with Gasteiger partial charge in [0.2, 0.25) is 0 Å². The smallest absolute Gasteiger partial charge is 0.280 e. The molecule has 1 aliphatic heterocycles. The van der Waals surface area contributed by atoms with Crippen molar-refractivity contribution in [2.24, 2.45) is 11.7 Å². The summed E-state index contributed by atoms with van der Waals surface area (Å²) >= 11 is 1.47. The largest absolute Gasteiger partial charge is 0.330 e. The Balaban J connectivity index is 2.00. The molecule has 1 aliphatic rings. The van der Waals surface area contributed by atoms with Crippen molar-refractivity contribution in [3.63, 3.8) is 0 Å². The van der Waals surface area contributed by atoms with E-state index >= 15 is 0 Å². The van der Waals surface area contributed by atoms with Crippen LogP contribution in [0.3, 0.4) is 0 Å². The Hall–Kier alpha value is -0.540. The third kappa shape index (κ3) is 3.76. The zero-order valence-corrected chi connectivity index (χ0v) is 13.3. The Bertz CT molecular complexity index is 496. The first kappa shape index (κ1) is 15.8. The molecule has 6 nitrogen and oxygen atoms in total. The zero-order valence-electron chi connectivity index (χ0n) is 11.7. The predicted molar refractivity (Wildman–Crippen MR) is 80.6 cm³/mol. The lowest BCUT2D eigenvalue weighted by atomic mass is 9.99. The quantitative estimate of drug-likeness (QED) is 0.822. The van der Waals surface area contributed by atoms with E-state index in [4.69, 9.17) is 5.73 Å². The first-order valence-electron chi connectivity index (χ1n) is 6.93. The molecule has 0 aromatic carbocycles. The van der Waals surface area contributed by atoms with Crippen LogP contribution in [0.1, 0.15) is 37.2 Å². The van der Waals surface area contributed by atoms with Crippen LogP contribution in [0.4, 0.5) is 0 Å². The molecule has 1 fully saturated rings. The second-order valence-electron chi connectivity index (χ2n) is 5.03. The second-order valence-corrected chi connectivity index (χ2v) is 7.66. The first-order chi connectivity index (χ1) is 9.56. The topological polar surface area (TPSA) is 88.3 Å². The van der Waals surface area contributed by atoms with Crippen molar-refractivity contribution in [2.75, 3.05) is 19.6 Å². The Labute approximate surface area is 124 Å². The van der Waals surface area contributed by atoms with Crippen molar-refractivity contribution in [3.8, 4) is 0 Å². The highest BCUT2D eigenvalue weighted by Gasteiger charge is 2.29. The van der Waals surface area contributed by atoms with Gasteiger partial charge in [0.1, 0.15) is 5.01 Å². The summed E-state index contributed by atoms with van der Waals surface area (Å²) < 4.78 is 29.1. The maximum absolute atomic E-state index is 12.4. The average molecular weight is 318 g/mol. The fraction of sp³-hybridized carbons (Fsp3) is 0.750. The summed E-state index contributed by atoms with van der Waals surface area (Å²) in [4.78, 5) is 4.20. The molecule has 1 saturated heterocycles. The maximum Gasteiger partial charge on any atom is 0.280 e. The summed E-state index contributed by atoms with van der Waals surface area (Å²) in [6, 6.07) is -0.243. The van der Waals surface area contributed by atoms with Crippen molar-refractivity contribution < 1.29 is 8.42 Å². The monoisotopic (exact) mass is 318 g/mol.